The van der Waals surface area contributed by atoms with Gasteiger partial charge in [-0.3, -0.25) is 0 Å². The highest BCUT2D eigenvalue weighted by Crippen LogP contribution is 2.30. The first-order valence-corrected chi connectivity index (χ1v) is 6.99. The van der Waals surface area contributed by atoms with Gasteiger partial charge in [-0.1, -0.05) is 15.9 Å². The molecule has 0 fully saturated rings. The van der Waals surface area contributed by atoms with E-state index in [1.807, 2.05) is 18.2 Å². The second kappa shape index (κ2) is 6.72. The topological polar surface area (TPSA) is 47.3 Å². The number of rotatable bonds is 5. The zero-order valence-electron chi connectivity index (χ0n) is 11.1. The monoisotopic (exact) mass is 338 g/mol. The number of halogens is 2. The SMILES string of the molecule is COc1ccc(Br)cc1C(CN)Nc1ccc(F)cc1. The van der Waals surface area contributed by atoms with E-state index in [-0.39, 0.29) is 11.9 Å². The van der Waals surface area contributed by atoms with E-state index in [0.29, 0.717) is 6.54 Å². The lowest BCUT2D eigenvalue weighted by Gasteiger charge is -2.21. The molecular weight excluding hydrogens is 323 g/mol. The Hall–Kier alpha value is -1.59. The van der Waals surface area contributed by atoms with Gasteiger partial charge in [-0.25, -0.2) is 4.39 Å². The number of hydrogen-bond acceptors (Lipinski definition) is 3. The number of methoxy groups -OCH3 is 1. The van der Waals surface area contributed by atoms with Crippen LogP contribution < -0.4 is 15.8 Å². The summed E-state index contributed by atoms with van der Waals surface area (Å²) in [6.07, 6.45) is 0. The van der Waals surface area contributed by atoms with Crippen molar-refractivity contribution in [2.24, 2.45) is 5.73 Å². The van der Waals surface area contributed by atoms with Crippen molar-refractivity contribution in [3.05, 3.63) is 58.3 Å². The normalized spacial score (nSPS) is 12.0. The first kappa shape index (κ1) is 14.8. The molecule has 0 aliphatic rings. The third-order valence-electron chi connectivity index (χ3n) is 2.99. The van der Waals surface area contributed by atoms with Crippen LogP contribution in [0.5, 0.6) is 5.75 Å². The molecule has 0 amide bonds. The Morgan fingerprint density at radius 1 is 1.25 bits per heavy atom. The molecule has 1 unspecified atom stereocenters. The van der Waals surface area contributed by atoms with Crippen LogP contribution in [0, 0.1) is 5.82 Å². The van der Waals surface area contributed by atoms with E-state index in [4.69, 9.17) is 10.5 Å². The molecule has 0 saturated heterocycles. The first-order valence-electron chi connectivity index (χ1n) is 6.19. The molecule has 3 nitrogen and oxygen atoms in total. The van der Waals surface area contributed by atoms with Crippen LogP contribution in [0.25, 0.3) is 0 Å². The Kier molecular flexibility index (Phi) is 4.98. The molecule has 0 aromatic heterocycles. The fourth-order valence-corrected chi connectivity index (χ4v) is 2.37. The Bertz CT molecular complexity index is 575. The zero-order chi connectivity index (χ0) is 14.5. The van der Waals surface area contributed by atoms with Gasteiger partial charge in [-0.2, -0.15) is 0 Å². The van der Waals surface area contributed by atoms with E-state index in [1.54, 1.807) is 19.2 Å². The van der Waals surface area contributed by atoms with Crippen LogP contribution in [0.2, 0.25) is 0 Å². The summed E-state index contributed by atoms with van der Waals surface area (Å²) in [5.74, 6) is 0.498. The smallest absolute Gasteiger partial charge is 0.124 e. The average molecular weight is 339 g/mol. The third-order valence-corrected chi connectivity index (χ3v) is 3.48. The second-order valence-electron chi connectivity index (χ2n) is 4.33. The summed E-state index contributed by atoms with van der Waals surface area (Å²) in [4.78, 5) is 0. The molecule has 0 bridgehead atoms. The maximum absolute atomic E-state index is 12.9. The molecule has 0 aliphatic heterocycles. The Balaban J connectivity index is 2.28. The highest BCUT2D eigenvalue weighted by Gasteiger charge is 2.15. The van der Waals surface area contributed by atoms with E-state index in [9.17, 15) is 4.39 Å². The molecule has 0 spiro atoms. The van der Waals surface area contributed by atoms with Crippen molar-refractivity contribution in [2.75, 3.05) is 19.0 Å². The van der Waals surface area contributed by atoms with Gasteiger partial charge >= 0.3 is 0 Å². The van der Waals surface area contributed by atoms with E-state index in [2.05, 4.69) is 21.2 Å². The minimum Gasteiger partial charge on any atom is -0.496 e. The van der Waals surface area contributed by atoms with Crippen LogP contribution >= 0.6 is 15.9 Å². The van der Waals surface area contributed by atoms with Crippen LogP contribution in [0.3, 0.4) is 0 Å². The quantitative estimate of drug-likeness (QED) is 0.873. The van der Waals surface area contributed by atoms with Gasteiger partial charge in [-0.15, -0.1) is 0 Å². The number of anilines is 1. The van der Waals surface area contributed by atoms with E-state index in [1.165, 1.54) is 12.1 Å². The van der Waals surface area contributed by atoms with Crippen molar-refractivity contribution < 1.29 is 9.13 Å². The molecule has 2 aromatic rings. The van der Waals surface area contributed by atoms with Gasteiger partial charge in [0.25, 0.3) is 0 Å². The summed E-state index contributed by atoms with van der Waals surface area (Å²) in [7, 11) is 1.62. The number of nitrogens with one attached hydrogen (secondary N) is 1. The summed E-state index contributed by atoms with van der Waals surface area (Å²) >= 11 is 3.44. The Morgan fingerprint density at radius 3 is 2.55 bits per heavy atom. The molecular formula is C15H16BrFN2O. The van der Waals surface area contributed by atoms with Crippen LogP contribution in [-0.2, 0) is 0 Å². The van der Waals surface area contributed by atoms with Gasteiger partial charge in [0.15, 0.2) is 0 Å². The van der Waals surface area contributed by atoms with Gasteiger partial charge in [0.05, 0.1) is 13.2 Å². The van der Waals surface area contributed by atoms with Gasteiger partial charge in [0, 0.05) is 22.3 Å². The number of benzene rings is 2. The molecule has 0 radical (unpaired) electrons. The van der Waals surface area contributed by atoms with Crippen LogP contribution in [0.15, 0.2) is 46.9 Å². The maximum Gasteiger partial charge on any atom is 0.124 e. The van der Waals surface area contributed by atoms with Crippen molar-refractivity contribution in [2.45, 2.75) is 6.04 Å². The predicted molar refractivity (Wildman–Crippen MR) is 82.5 cm³/mol. The molecule has 2 aromatic carbocycles. The highest BCUT2D eigenvalue weighted by molar-refractivity contribution is 9.10. The number of ether oxygens (including phenoxy) is 1. The first-order chi connectivity index (χ1) is 9.63. The predicted octanol–water partition coefficient (Wildman–Crippen LogP) is 3.71. The molecule has 1 atom stereocenters. The minimum atomic E-state index is -0.264. The molecule has 0 aliphatic carbocycles. The zero-order valence-corrected chi connectivity index (χ0v) is 12.7. The van der Waals surface area contributed by atoms with Crippen LogP contribution in [0.4, 0.5) is 10.1 Å². The molecule has 0 saturated carbocycles. The second-order valence-corrected chi connectivity index (χ2v) is 5.24. The summed E-state index contributed by atoms with van der Waals surface area (Å²) < 4.78 is 19.2. The average Bonchev–Trinajstić information content (AvgIpc) is 2.46. The lowest BCUT2D eigenvalue weighted by Crippen LogP contribution is -2.21. The van der Waals surface area contributed by atoms with Gasteiger partial charge in [0.2, 0.25) is 0 Å². The summed E-state index contributed by atoms with van der Waals surface area (Å²) in [6.45, 7) is 0.393. The minimum absolute atomic E-state index is 0.118. The summed E-state index contributed by atoms with van der Waals surface area (Å²) in [6, 6.07) is 11.8. The van der Waals surface area contributed by atoms with Crippen molar-refractivity contribution >= 4 is 21.6 Å². The molecule has 0 heterocycles. The van der Waals surface area contributed by atoms with Crippen molar-refractivity contribution in [3.63, 3.8) is 0 Å². The van der Waals surface area contributed by atoms with Gasteiger partial charge in [-0.05, 0) is 42.5 Å². The fourth-order valence-electron chi connectivity index (χ4n) is 1.99. The molecule has 3 N–H and O–H groups in total. The lowest BCUT2D eigenvalue weighted by molar-refractivity contribution is 0.407. The third kappa shape index (κ3) is 3.49. The maximum atomic E-state index is 12.9. The summed E-state index contributed by atoms with van der Waals surface area (Å²) in [5.41, 5.74) is 7.61. The Morgan fingerprint density at radius 2 is 1.95 bits per heavy atom. The lowest BCUT2D eigenvalue weighted by atomic mass is 10.1. The molecule has 5 heteroatoms. The van der Waals surface area contributed by atoms with Gasteiger partial charge < -0.3 is 15.8 Å². The van der Waals surface area contributed by atoms with Crippen LogP contribution in [-0.4, -0.2) is 13.7 Å². The number of hydrogen-bond donors (Lipinski definition) is 2. The fraction of sp³-hybridized carbons (Fsp3) is 0.200. The molecule has 20 heavy (non-hydrogen) atoms. The highest BCUT2D eigenvalue weighted by atomic mass is 79.9. The van der Waals surface area contributed by atoms with E-state index >= 15 is 0 Å². The van der Waals surface area contributed by atoms with E-state index < -0.39 is 0 Å². The van der Waals surface area contributed by atoms with Crippen molar-refractivity contribution in [3.8, 4) is 5.75 Å². The van der Waals surface area contributed by atoms with Crippen molar-refractivity contribution in [1.82, 2.24) is 0 Å². The standard InChI is InChI=1S/C15H16BrFN2O/c1-20-15-7-2-10(16)8-13(15)14(9-18)19-12-5-3-11(17)4-6-12/h2-8,14,19H,9,18H2,1H3. The van der Waals surface area contributed by atoms with Crippen LogP contribution in [0.1, 0.15) is 11.6 Å². The number of nitrogens with two attached hydrogens (primary N) is 1. The molecule has 106 valence electrons. The largest absolute Gasteiger partial charge is 0.496 e. The molecule has 2 rings (SSSR count). The van der Waals surface area contributed by atoms with Gasteiger partial charge in [0.1, 0.15) is 11.6 Å². The summed E-state index contributed by atoms with van der Waals surface area (Å²) in [5, 5.41) is 3.28. The van der Waals surface area contributed by atoms with E-state index in [0.717, 1.165) is 21.5 Å². The Labute approximate surface area is 126 Å². The van der Waals surface area contributed by atoms with Crippen molar-refractivity contribution in [1.29, 1.82) is 0 Å².